The molecule has 0 atom stereocenters. The molecule has 5 heteroatoms. The van der Waals surface area contributed by atoms with Crippen molar-refractivity contribution in [2.45, 2.75) is 6.42 Å². The third kappa shape index (κ3) is 1.79. The average Bonchev–Trinajstić information content (AvgIpc) is 2.60. The minimum atomic E-state index is -1.22. The lowest BCUT2D eigenvalue weighted by Gasteiger charge is -2.02. The molecule has 1 amide bonds. The predicted octanol–water partition coefficient (Wildman–Crippen LogP) is 1.14. The first-order valence-electron chi connectivity index (χ1n) is 4.60. The summed E-state index contributed by atoms with van der Waals surface area (Å²) < 4.78 is 13.0. The lowest BCUT2D eigenvalue weighted by Crippen LogP contribution is -2.20. The minimum Gasteiger partial charge on any atom is -0.477 e. The molecule has 0 spiro atoms. The molecule has 0 bridgehead atoms. The maximum atomic E-state index is 13.0. The molecule has 0 unspecified atom stereocenters. The van der Waals surface area contributed by atoms with E-state index < -0.39 is 17.7 Å². The molecule has 16 heavy (non-hydrogen) atoms. The largest absolute Gasteiger partial charge is 0.477 e. The number of carboxylic acid groups (broad SMARTS) is 1. The van der Waals surface area contributed by atoms with Crippen molar-refractivity contribution in [1.82, 2.24) is 5.32 Å². The maximum Gasteiger partial charge on any atom is 0.352 e. The zero-order valence-electron chi connectivity index (χ0n) is 8.16. The maximum absolute atomic E-state index is 13.0. The summed E-state index contributed by atoms with van der Waals surface area (Å²) in [6, 6.07) is 5.51. The quantitative estimate of drug-likeness (QED) is 0.787. The Morgan fingerprint density at radius 1 is 1.44 bits per heavy atom. The van der Waals surface area contributed by atoms with E-state index >= 15 is 0 Å². The summed E-state index contributed by atoms with van der Waals surface area (Å²) >= 11 is 0. The summed E-state index contributed by atoms with van der Waals surface area (Å²) in [4.78, 5) is 22.0. The van der Waals surface area contributed by atoms with Crippen LogP contribution >= 0.6 is 0 Å². The molecule has 0 saturated heterocycles. The van der Waals surface area contributed by atoms with Crippen LogP contribution in [0.15, 0.2) is 30.0 Å². The van der Waals surface area contributed by atoms with Gasteiger partial charge in [0, 0.05) is 0 Å². The monoisotopic (exact) mass is 221 g/mol. The van der Waals surface area contributed by atoms with Gasteiger partial charge in [0.1, 0.15) is 11.5 Å². The highest BCUT2D eigenvalue weighted by Crippen LogP contribution is 2.26. The van der Waals surface area contributed by atoms with Crippen LogP contribution in [-0.2, 0) is 9.59 Å². The number of hydrogen-bond acceptors (Lipinski definition) is 2. The summed E-state index contributed by atoms with van der Waals surface area (Å²) in [5.41, 5.74) is 0.559. The fourth-order valence-corrected chi connectivity index (χ4v) is 1.61. The number of amides is 1. The molecule has 1 aliphatic heterocycles. The number of carbonyl (C=O) groups is 2. The predicted molar refractivity (Wildman–Crippen MR) is 53.7 cm³/mol. The minimum absolute atomic E-state index is 0.0366. The topological polar surface area (TPSA) is 66.4 Å². The van der Waals surface area contributed by atoms with Gasteiger partial charge in [0.05, 0.1) is 6.42 Å². The van der Waals surface area contributed by atoms with Crippen LogP contribution in [0.1, 0.15) is 12.0 Å². The SMILES string of the molecule is O=C1CC(c2cccc(F)c2)=C(C(=O)O)N1. The number of carbonyl (C=O) groups excluding carboxylic acids is 1. The summed E-state index contributed by atoms with van der Waals surface area (Å²) in [5.74, 6) is -2.07. The van der Waals surface area contributed by atoms with Crippen molar-refractivity contribution in [3.05, 3.63) is 41.3 Å². The van der Waals surface area contributed by atoms with Crippen molar-refractivity contribution < 1.29 is 19.1 Å². The number of aliphatic carboxylic acids is 1. The van der Waals surface area contributed by atoms with Gasteiger partial charge in [-0.15, -0.1) is 0 Å². The molecule has 1 aromatic carbocycles. The fraction of sp³-hybridized carbons (Fsp3) is 0.0909. The molecule has 0 aliphatic carbocycles. The first-order chi connectivity index (χ1) is 7.58. The normalized spacial score (nSPS) is 15.2. The highest BCUT2D eigenvalue weighted by atomic mass is 19.1. The standard InChI is InChI=1S/C11H8FNO3/c12-7-3-1-2-6(4-7)8-5-9(14)13-10(8)11(15)16/h1-4H,5H2,(H,13,14)(H,15,16). The molecule has 4 nitrogen and oxygen atoms in total. The van der Waals surface area contributed by atoms with Gasteiger partial charge in [-0.2, -0.15) is 0 Å². The summed E-state index contributed by atoms with van der Waals surface area (Å²) in [7, 11) is 0. The van der Waals surface area contributed by atoms with E-state index in [4.69, 9.17) is 5.11 Å². The Morgan fingerprint density at radius 3 is 2.81 bits per heavy atom. The van der Waals surface area contributed by atoms with Crippen LogP contribution in [0.5, 0.6) is 0 Å². The van der Waals surface area contributed by atoms with E-state index in [0.717, 1.165) is 0 Å². The smallest absolute Gasteiger partial charge is 0.352 e. The van der Waals surface area contributed by atoms with Crippen LogP contribution in [0.3, 0.4) is 0 Å². The van der Waals surface area contributed by atoms with Crippen LogP contribution in [0, 0.1) is 5.82 Å². The second-order valence-electron chi connectivity index (χ2n) is 3.39. The van der Waals surface area contributed by atoms with E-state index in [-0.39, 0.29) is 12.1 Å². The van der Waals surface area contributed by atoms with Gasteiger partial charge in [0.2, 0.25) is 5.91 Å². The fourth-order valence-electron chi connectivity index (χ4n) is 1.61. The van der Waals surface area contributed by atoms with Crippen LogP contribution in [0.4, 0.5) is 4.39 Å². The molecular weight excluding hydrogens is 213 g/mol. The zero-order chi connectivity index (χ0) is 11.7. The van der Waals surface area contributed by atoms with Crippen molar-refractivity contribution in [1.29, 1.82) is 0 Å². The summed E-state index contributed by atoms with van der Waals surface area (Å²) in [6.07, 6.45) is -0.0366. The molecule has 2 rings (SSSR count). The Morgan fingerprint density at radius 2 is 2.19 bits per heavy atom. The Bertz CT molecular complexity index is 508. The molecule has 0 radical (unpaired) electrons. The third-order valence-electron chi connectivity index (χ3n) is 2.29. The molecule has 1 aromatic rings. The Labute approximate surface area is 90.4 Å². The number of nitrogens with one attached hydrogen (secondary N) is 1. The van der Waals surface area contributed by atoms with E-state index in [0.29, 0.717) is 11.1 Å². The number of carboxylic acids is 1. The molecule has 0 fully saturated rings. The van der Waals surface area contributed by atoms with Crippen LogP contribution in [0.2, 0.25) is 0 Å². The van der Waals surface area contributed by atoms with E-state index in [2.05, 4.69) is 5.32 Å². The lowest BCUT2D eigenvalue weighted by molar-refractivity contribution is -0.134. The summed E-state index contributed by atoms with van der Waals surface area (Å²) in [6.45, 7) is 0. The van der Waals surface area contributed by atoms with E-state index in [1.54, 1.807) is 6.07 Å². The van der Waals surface area contributed by atoms with Crippen LogP contribution < -0.4 is 5.32 Å². The summed E-state index contributed by atoms with van der Waals surface area (Å²) in [5, 5.41) is 11.1. The Balaban J connectivity index is 2.49. The molecule has 0 saturated carbocycles. The number of hydrogen-bond donors (Lipinski definition) is 2. The molecule has 1 heterocycles. The van der Waals surface area contributed by atoms with Crippen molar-refractivity contribution in [2.75, 3.05) is 0 Å². The Kier molecular flexibility index (Phi) is 2.44. The number of halogens is 1. The van der Waals surface area contributed by atoms with Gasteiger partial charge in [-0.25, -0.2) is 9.18 Å². The second-order valence-corrected chi connectivity index (χ2v) is 3.39. The van der Waals surface area contributed by atoms with Gasteiger partial charge in [0.15, 0.2) is 0 Å². The second kappa shape index (κ2) is 3.77. The zero-order valence-corrected chi connectivity index (χ0v) is 8.16. The molecule has 1 aliphatic rings. The van der Waals surface area contributed by atoms with E-state index in [1.807, 2.05) is 0 Å². The van der Waals surface area contributed by atoms with Crippen molar-refractivity contribution in [3.8, 4) is 0 Å². The highest BCUT2D eigenvalue weighted by molar-refractivity contribution is 6.08. The van der Waals surface area contributed by atoms with Gasteiger partial charge < -0.3 is 10.4 Å². The lowest BCUT2D eigenvalue weighted by atomic mass is 10.0. The third-order valence-corrected chi connectivity index (χ3v) is 2.29. The van der Waals surface area contributed by atoms with Crippen molar-refractivity contribution in [3.63, 3.8) is 0 Å². The van der Waals surface area contributed by atoms with Gasteiger partial charge in [-0.1, -0.05) is 12.1 Å². The van der Waals surface area contributed by atoms with Gasteiger partial charge in [0.25, 0.3) is 0 Å². The van der Waals surface area contributed by atoms with Crippen molar-refractivity contribution >= 4 is 17.4 Å². The van der Waals surface area contributed by atoms with Gasteiger partial charge >= 0.3 is 5.97 Å². The Hall–Kier alpha value is -2.17. The number of rotatable bonds is 2. The highest BCUT2D eigenvalue weighted by Gasteiger charge is 2.26. The van der Waals surface area contributed by atoms with E-state index in [9.17, 15) is 14.0 Å². The molecule has 0 aromatic heterocycles. The molecular formula is C11H8FNO3. The molecule has 2 N–H and O–H groups in total. The first-order valence-corrected chi connectivity index (χ1v) is 4.60. The van der Waals surface area contributed by atoms with Crippen LogP contribution in [-0.4, -0.2) is 17.0 Å². The molecule has 82 valence electrons. The van der Waals surface area contributed by atoms with E-state index in [1.165, 1.54) is 18.2 Å². The van der Waals surface area contributed by atoms with Crippen LogP contribution in [0.25, 0.3) is 5.57 Å². The first kappa shape index (κ1) is 10.4. The van der Waals surface area contributed by atoms with Crippen molar-refractivity contribution in [2.24, 2.45) is 0 Å². The van der Waals surface area contributed by atoms with Gasteiger partial charge in [-0.05, 0) is 23.3 Å². The average molecular weight is 221 g/mol. The van der Waals surface area contributed by atoms with Gasteiger partial charge in [-0.3, -0.25) is 4.79 Å². The number of benzene rings is 1.